The molecule has 0 saturated carbocycles. The lowest BCUT2D eigenvalue weighted by molar-refractivity contribution is -0.114. The van der Waals surface area contributed by atoms with Crippen molar-refractivity contribution in [2.24, 2.45) is 0 Å². The Morgan fingerprint density at radius 1 is 1.03 bits per heavy atom. The second kappa shape index (κ2) is 9.63. The van der Waals surface area contributed by atoms with E-state index in [9.17, 15) is 14.7 Å². The van der Waals surface area contributed by atoms with Crippen LogP contribution in [0.15, 0.2) is 89.5 Å². The second-order valence-corrected chi connectivity index (χ2v) is 8.70. The molecular weight excluding hydrogens is 476 g/mol. The zero-order valence-electron chi connectivity index (χ0n) is 19.2. The van der Waals surface area contributed by atoms with Gasteiger partial charge in [0, 0.05) is 30.1 Å². The van der Waals surface area contributed by atoms with E-state index in [1.165, 1.54) is 6.92 Å². The number of carbonyl (C=O) groups is 2. The lowest BCUT2D eigenvalue weighted by atomic mass is 10.0. The van der Waals surface area contributed by atoms with Gasteiger partial charge in [-0.3, -0.25) is 9.78 Å². The first kappa shape index (κ1) is 23.3. The van der Waals surface area contributed by atoms with E-state index < -0.39 is 5.97 Å². The molecule has 1 aliphatic rings. The molecule has 9 heteroatoms. The van der Waals surface area contributed by atoms with Crippen molar-refractivity contribution >= 4 is 40.6 Å². The van der Waals surface area contributed by atoms with Gasteiger partial charge in [0.05, 0.1) is 17.3 Å². The number of furan rings is 1. The number of thiocarbonyl (C=S) groups is 1. The Kier molecular flexibility index (Phi) is 6.22. The van der Waals surface area contributed by atoms with Crippen molar-refractivity contribution in [1.82, 2.24) is 10.3 Å². The molecule has 1 saturated heterocycles. The Morgan fingerprint density at radius 3 is 2.42 bits per heavy atom. The van der Waals surface area contributed by atoms with E-state index >= 15 is 0 Å². The number of aromatic carboxylic acids is 1. The Hall–Kier alpha value is -4.50. The highest BCUT2D eigenvalue weighted by Crippen LogP contribution is 2.43. The zero-order chi connectivity index (χ0) is 25.2. The van der Waals surface area contributed by atoms with E-state index in [0.29, 0.717) is 22.3 Å². The number of hydrogen-bond donors (Lipinski definition) is 3. The maximum atomic E-state index is 11.4. The van der Waals surface area contributed by atoms with Gasteiger partial charge in [0.2, 0.25) is 5.91 Å². The highest BCUT2D eigenvalue weighted by atomic mass is 32.1. The molecule has 0 bridgehead atoms. The van der Waals surface area contributed by atoms with Gasteiger partial charge >= 0.3 is 5.97 Å². The SMILES string of the molecule is CC(=O)Nc1ccc(N2C(=S)NC(c3ccccn3)C2c2ccc(-c3ccc(C(=O)O)cc3)o2)cc1. The van der Waals surface area contributed by atoms with Crippen molar-refractivity contribution in [3.8, 4) is 11.3 Å². The van der Waals surface area contributed by atoms with Crippen LogP contribution in [0.5, 0.6) is 0 Å². The first-order chi connectivity index (χ1) is 17.4. The van der Waals surface area contributed by atoms with E-state index in [1.807, 2.05) is 59.5 Å². The first-order valence-corrected chi connectivity index (χ1v) is 11.6. The highest BCUT2D eigenvalue weighted by Gasteiger charge is 2.42. The Morgan fingerprint density at radius 2 is 1.78 bits per heavy atom. The largest absolute Gasteiger partial charge is 0.478 e. The molecule has 2 aromatic carbocycles. The Bertz CT molecular complexity index is 1420. The molecule has 1 fully saturated rings. The molecule has 2 atom stereocenters. The minimum atomic E-state index is -0.981. The number of hydrogen-bond acceptors (Lipinski definition) is 5. The lowest BCUT2D eigenvalue weighted by Crippen LogP contribution is -2.29. The summed E-state index contributed by atoms with van der Waals surface area (Å²) in [5.74, 6) is 0.154. The molecule has 4 aromatic rings. The molecule has 3 N–H and O–H groups in total. The number of carboxylic acids is 1. The van der Waals surface area contributed by atoms with Gasteiger partial charge in [-0.15, -0.1) is 0 Å². The number of rotatable bonds is 6. The van der Waals surface area contributed by atoms with Crippen LogP contribution in [0, 0.1) is 0 Å². The van der Waals surface area contributed by atoms with E-state index in [4.69, 9.17) is 16.6 Å². The van der Waals surface area contributed by atoms with Crippen molar-refractivity contribution < 1.29 is 19.1 Å². The predicted octanol–water partition coefficient (Wildman–Crippen LogP) is 5.18. The quantitative estimate of drug-likeness (QED) is 0.312. The number of pyridine rings is 1. The van der Waals surface area contributed by atoms with Crippen LogP contribution in [0.25, 0.3) is 11.3 Å². The topological polar surface area (TPSA) is 108 Å². The lowest BCUT2D eigenvalue weighted by Gasteiger charge is -2.26. The molecule has 0 radical (unpaired) electrons. The molecule has 2 aromatic heterocycles. The van der Waals surface area contributed by atoms with Crippen molar-refractivity contribution in [2.45, 2.75) is 19.0 Å². The summed E-state index contributed by atoms with van der Waals surface area (Å²) >= 11 is 5.74. The van der Waals surface area contributed by atoms with Crippen molar-refractivity contribution in [3.63, 3.8) is 0 Å². The van der Waals surface area contributed by atoms with Gasteiger partial charge < -0.3 is 25.1 Å². The van der Waals surface area contributed by atoms with Gasteiger partial charge in [-0.25, -0.2) is 4.79 Å². The van der Waals surface area contributed by atoms with Crippen LogP contribution in [-0.2, 0) is 4.79 Å². The van der Waals surface area contributed by atoms with Crippen LogP contribution in [0.2, 0.25) is 0 Å². The first-order valence-electron chi connectivity index (χ1n) is 11.2. The third kappa shape index (κ3) is 4.56. The molecule has 1 amide bonds. The number of benzene rings is 2. The fourth-order valence-electron chi connectivity index (χ4n) is 4.27. The van der Waals surface area contributed by atoms with Gasteiger partial charge in [0.15, 0.2) is 5.11 Å². The molecule has 8 nitrogen and oxygen atoms in total. The van der Waals surface area contributed by atoms with Gasteiger partial charge in [-0.05, 0) is 72.9 Å². The number of amides is 1. The zero-order valence-corrected chi connectivity index (χ0v) is 20.0. The summed E-state index contributed by atoms with van der Waals surface area (Å²) in [6, 6.07) is 22.8. The van der Waals surface area contributed by atoms with Crippen LogP contribution in [0.4, 0.5) is 11.4 Å². The van der Waals surface area contributed by atoms with Crippen LogP contribution in [-0.4, -0.2) is 27.1 Å². The molecular formula is C27H22N4O4S. The van der Waals surface area contributed by atoms with Gasteiger partial charge in [-0.1, -0.05) is 18.2 Å². The predicted molar refractivity (Wildman–Crippen MR) is 140 cm³/mol. The number of carboxylic acid groups (broad SMARTS) is 1. The van der Waals surface area contributed by atoms with Crippen LogP contribution in [0.1, 0.15) is 40.8 Å². The van der Waals surface area contributed by atoms with Gasteiger partial charge in [0.1, 0.15) is 17.6 Å². The van der Waals surface area contributed by atoms with Gasteiger partial charge in [0.25, 0.3) is 0 Å². The van der Waals surface area contributed by atoms with Crippen molar-refractivity contribution in [2.75, 3.05) is 10.2 Å². The smallest absolute Gasteiger partial charge is 0.335 e. The van der Waals surface area contributed by atoms with E-state index in [2.05, 4.69) is 15.6 Å². The van der Waals surface area contributed by atoms with Crippen LogP contribution in [0.3, 0.4) is 0 Å². The average Bonchev–Trinajstić information content (AvgIpc) is 3.49. The maximum absolute atomic E-state index is 11.4. The number of anilines is 2. The number of aromatic nitrogens is 1. The molecule has 180 valence electrons. The van der Waals surface area contributed by atoms with Crippen LogP contribution >= 0.6 is 12.2 Å². The molecule has 36 heavy (non-hydrogen) atoms. The summed E-state index contributed by atoms with van der Waals surface area (Å²) in [6.07, 6.45) is 1.74. The highest BCUT2D eigenvalue weighted by molar-refractivity contribution is 7.80. The average molecular weight is 499 g/mol. The summed E-state index contributed by atoms with van der Waals surface area (Å²) < 4.78 is 6.31. The summed E-state index contributed by atoms with van der Waals surface area (Å²) in [5.41, 5.74) is 3.30. The fraction of sp³-hybridized carbons (Fsp3) is 0.111. The second-order valence-electron chi connectivity index (χ2n) is 8.31. The summed E-state index contributed by atoms with van der Waals surface area (Å²) in [4.78, 5) is 29.1. The number of nitrogens with one attached hydrogen (secondary N) is 2. The Labute approximate surface area is 212 Å². The molecule has 1 aliphatic heterocycles. The summed E-state index contributed by atoms with van der Waals surface area (Å²) in [7, 11) is 0. The third-order valence-corrected chi connectivity index (χ3v) is 6.21. The third-order valence-electron chi connectivity index (χ3n) is 5.90. The van der Waals surface area contributed by atoms with E-state index in [1.54, 1.807) is 30.5 Å². The maximum Gasteiger partial charge on any atom is 0.335 e. The standard InChI is InChI=1S/C27H22N4O4S/c1-16(32)29-19-9-11-20(12-10-19)31-25(24(30-27(31)36)21-4-2-3-15-28-21)23-14-13-22(35-23)17-5-7-18(8-6-17)26(33)34/h2-15,24-25H,1H3,(H,29,32)(H,30,36)(H,33,34). The summed E-state index contributed by atoms with van der Waals surface area (Å²) in [6.45, 7) is 1.46. The normalized spacial score (nSPS) is 17.0. The number of nitrogens with zero attached hydrogens (tertiary/aromatic N) is 2. The molecule has 2 unspecified atom stereocenters. The van der Waals surface area contributed by atoms with E-state index in [0.717, 1.165) is 16.9 Å². The minimum Gasteiger partial charge on any atom is -0.478 e. The number of carbonyl (C=O) groups excluding carboxylic acids is 1. The summed E-state index contributed by atoms with van der Waals surface area (Å²) in [5, 5.41) is 15.9. The van der Waals surface area contributed by atoms with Crippen molar-refractivity contribution in [3.05, 3.63) is 102 Å². The molecule has 0 aliphatic carbocycles. The monoisotopic (exact) mass is 498 g/mol. The minimum absolute atomic E-state index is 0.145. The van der Waals surface area contributed by atoms with Crippen molar-refractivity contribution in [1.29, 1.82) is 0 Å². The molecule has 0 spiro atoms. The van der Waals surface area contributed by atoms with E-state index in [-0.39, 0.29) is 23.6 Å². The van der Waals surface area contributed by atoms with Gasteiger partial charge in [-0.2, -0.15) is 0 Å². The Balaban J connectivity index is 1.53. The molecule has 5 rings (SSSR count). The van der Waals surface area contributed by atoms with Crippen LogP contribution < -0.4 is 15.5 Å². The molecule has 3 heterocycles. The fourth-order valence-corrected chi connectivity index (χ4v) is 4.62.